The maximum Gasteiger partial charge on any atom is 0.0826 e. The summed E-state index contributed by atoms with van der Waals surface area (Å²) in [5, 5.41) is 3.77. The minimum Gasteiger partial charge on any atom is -0.374 e. The smallest absolute Gasteiger partial charge is 0.0826 e. The molecule has 2 bridgehead atoms. The number of likely N-dealkylation sites (N-methyl/N-ethyl adjacent to an activating group) is 1. The highest BCUT2D eigenvalue weighted by molar-refractivity contribution is 4.91. The number of rotatable bonds is 4. The summed E-state index contributed by atoms with van der Waals surface area (Å²) in [6.45, 7) is 11.4. The number of nitrogens with one attached hydrogen (secondary N) is 1. The molecule has 0 aromatic carbocycles. The SMILES string of the molecule is CCN1CCOC(CNC2CN3CCC2CC3)C1. The Balaban J connectivity index is 1.43. The highest BCUT2D eigenvalue weighted by atomic mass is 16.5. The average molecular weight is 253 g/mol. The second kappa shape index (κ2) is 5.87. The molecule has 0 amide bonds. The van der Waals surface area contributed by atoms with Crippen molar-refractivity contribution in [2.45, 2.75) is 31.9 Å². The standard InChI is InChI=1S/C14H27N3O/c1-2-16-7-8-18-13(10-16)9-15-14-11-17-5-3-12(14)4-6-17/h12-15H,2-11H2,1H3. The van der Waals surface area contributed by atoms with E-state index in [-0.39, 0.29) is 0 Å². The van der Waals surface area contributed by atoms with E-state index >= 15 is 0 Å². The third-order valence-electron chi connectivity index (χ3n) is 4.93. The van der Waals surface area contributed by atoms with E-state index in [1.54, 1.807) is 0 Å². The van der Waals surface area contributed by atoms with Gasteiger partial charge in [-0.05, 0) is 38.4 Å². The molecule has 18 heavy (non-hydrogen) atoms. The van der Waals surface area contributed by atoms with Crippen LogP contribution in [0.4, 0.5) is 0 Å². The molecule has 0 aromatic heterocycles. The van der Waals surface area contributed by atoms with Gasteiger partial charge in [-0.25, -0.2) is 0 Å². The predicted octanol–water partition coefficient (Wildman–Crippen LogP) is 0.391. The van der Waals surface area contributed by atoms with Crippen LogP contribution in [0.15, 0.2) is 0 Å². The summed E-state index contributed by atoms with van der Waals surface area (Å²) in [6, 6.07) is 0.716. The van der Waals surface area contributed by atoms with E-state index < -0.39 is 0 Å². The molecule has 4 rings (SSSR count). The van der Waals surface area contributed by atoms with Crippen molar-refractivity contribution in [1.29, 1.82) is 0 Å². The van der Waals surface area contributed by atoms with E-state index in [1.165, 1.54) is 32.5 Å². The van der Waals surface area contributed by atoms with Crippen molar-refractivity contribution in [3.63, 3.8) is 0 Å². The zero-order valence-electron chi connectivity index (χ0n) is 11.6. The summed E-state index contributed by atoms with van der Waals surface area (Å²) in [5.74, 6) is 0.917. The van der Waals surface area contributed by atoms with Crippen molar-refractivity contribution in [3.05, 3.63) is 0 Å². The molecule has 4 nitrogen and oxygen atoms in total. The van der Waals surface area contributed by atoms with Crippen LogP contribution in [0.25, 0.3) is 0 Å². The van der Waals surface area contributed by atoms with Crippen LogP contribution >= 0.6 is 0 Å². The van der Waals surface area contributed by atoms with Gasteiger partial charge in [0.05, 0.1) is 12.7 Å². The van der Waals surface area contributed by atoms with Crippen LogP contribution in [-0.4, -0.2) is 74.4 Å². The first-order chi connectivity index (χ1) is 8.85. The number of hydrogen-bond acceptors (Lipinski definition) is 4. The lowest BCUT2D eigenvalue weighted by Crippen LogP contribution is -2.58. The van der Waals surface area contributed by atoms with Crippen molar-refractivity contribution in [3.8, 4) is 0 Å². The summed E-state index contributed by atoms with van der Waals surface area (Å²) in [6.07, 6.45) is 3.18. The molecular weight excluding hydrogens is 226 g/mol. The second-order valence-electron chi connectivity index (χ2n) is 6.04. The number of nitrogens with zero attached hydrogens (tertiary/aromatic N) is 2. The molecular formula is C14H27N3O. The van der Waals surface area contributed by atoms with Crippen molar-refractivity contribution in [1.82, 2.24) is 15.1 Å². The van der Waals surface area contributed by atoms with Gasteiger partial charge in [-0.1, -0.05) is 6.92 Å². The number of fused-ring (bicyclic) bond motifs is 3. The van der Waals surface area contributed by atoms with Crippen LogP contribution in [-0.2, 0) is 4.74 Å². The fraction of sp³-hybridized carbons (Fsp3) is 1.00. The molecule has 0 aromatic rings. The fourth-order valence-electron chi connectivity index (χ4n) is 3.67. The zero-order chi connectivity index (χ0) is 12.4. The van der Waals surface area contributed by atoms with E-state index in [4.69, 9.17) is 4.74 Å². The summed E-state index contributed by atoms with van der Waals surface area (Å²) < 4.78 is 5.86. The molecule has 2 atom stereocenters. The molecule has 0 aliphatic carbocycles. The van der Waals surface area contributed by atoms with E-state index in [1.807, 2.05) is 0 Å². The van der Waals surface area contributed by atoms with Crippen LogP contribution < -0.4 is 5.32 Å². The Morgan fingerprint density at radius 3 is 2.67 bits per heavy atom. The van der Waals surface area contributed by atoms with E-state index in [9.17, 15) is 0 Å². The molecule has 4 aliphatic heterocycles. The van der Waals surface area contributed by atoms with Crippen molar-refractivity contribution in [2.24, 2.45) is 5.92 Å². The third-order valence-corrected chi connectivity index (χ3v) is 4.93. The summed E-state index contributed by atoms with van der Waals surface area (Å²) in [4.78, 5) is 5.10. The van der Waals surface area contributed by atoms with Gasteiger partial charge in [-0.15, -0.1) is 0 Å². The quantitative estimate of drug-likeness (QED) is 0.784. The predicted molar refractivity (Wildman–Crippen MR) is 72.8 cm³/mol. The maximum atomic E-state index is 5.86. The topological polar surface area (TPSA) is 27.7 Å². The van der Waals surface area contributed by atoms with Crippen LogP contribution in [0.1, 0.15) is 19.8 Å². The minimum absolute atomic E-state index is 0.397. The maximum absolute atomic E-state index is 5.86. The van der Waals surface area contributed by atoms with Crippen LogP contribution in [0.3, 0.4) is 0 Å². The van der Waals surface area contributed by atoms with E-state index in [2.05, 4.69) is 22.0 Å². The average Bonchev–Trinajstić information content (AvgIpc) is 2.46. The molecule has 4 heteroatoms. The Morgan fingerprint density at radius 1 is 1.17 bits per heavy atom. The normalized spacial score (nSPS) is 41.2. The zero-order valence-corrected chi connectivity index (χ0v) is 11.6. The Morgan fingerprint density at radius 2 is 2.00 bits per heavy atom. The lowest BCUT2D eigenvalue weighted by molar-refractivity contribution is -0.0306. The van der Waals surface area contributed by atoms with Gasteiger partial charge >= 0.3 is 0 Å². The van der Waals surface area contributed by atoms with Crippen LogP contribution in [0.2, 0.25) is 0 Å². The van der Waals surface area contributed by atoms with Gasteiger partial charge in [0, 0.05) is 32.2 Å². The fourth-order valence-corrected chi connectivity index (χ4v) is 3.67. The molecule has 1 N–H and O–H groups in total. The van der Waals surface area contributed by atoms with Crippen molar-refractivity contribution >= 4 is 0 Å². The summed E-state index contributed by atoms with van der Waals surface area (Å²) in [5.41, 5.74) is 0. The molecule has 4 saturated heterocycles. The Labute approximate surface area is 111 Å². The van der Waals surface area contributed by atoms with Gasteiger partial charge in [0.2, 0.25) is 0 Å². The second-order valence-corrected chi connectivity index (χ2v) is 6.04. The number of hydrogen-bond donors (Lipinski definition) is 1. The first-order valence-corrected chi connectivity index (χ1v) is 7.65. The third kappa shape index (κ3) is 2.87. The van der Waals surface area contributed by atoms with Gasteiger partial charge < -0.3 is 15.0 Å². The lowest BCUT2D eigenvalue weighted by atomic mass is 9.84. The molecule has 4 aliphatic rings. The van der Waals surface area contributed by atoms with Gasteiger partial charge in [0.1, 0.15) is 0 Å². The first kappa shape index (κ1) is 12.9. The molecule has 2 unspecified atom stereocenters. The van der Waals surface area contributed by atoms with Crippen LogP contribution in [0, 0.1) is 5.92 Å². The van der Waals surface area contributed by atoms with Gasteiger partial charge in [0.25, 0.3) is 0 Å². The monoisotopic (exact) mass is 253 g/mol. The van der Waals surface area contributed by atoms with E-state index in [0.29, 0.717) is 12.1 Å². The highest BCUT2D eigenvalue weighted by Gasteiger charge is 2.34. The van der Waals surface area contributed by atoms with Gasteiger partial charge in [0.15, 0.2) is 0 Å². The molecule has 0 spiro atoms. The number of piperidine rings is 3. The van der Waals surface area contributed by atoms with Crippen molar-refractivity contribution in [2.75, 3.05) is 52.4 Å². The van der Waals surface area contributed by atoms with Gasteiger partial charge in [-0.3, -0.25) is 4.90 Å². The summed E-state index contributed by atoms with van der Waals surface area (Å²) >= 11 is 0. The molecule has 4 fully saturated rings. The first-order valence-electron chi connectivity index (χ1n) is 7.65. The molecule has 104 valence electrons. The van der Waals surface area contributed by atoms with E-state index in [0.717, 1.165) is 38.7 Å². The number of morpholine rings is 1. The Kier molecular flexibility index (Phi) is 4.19. The summed E-state index contributed by atoms with van der Waals surface area (Å²) in [7, 11) is 0. The molecule has 0 saturated carbocycles. The highest BCUT2D eigenvalue weighted by Crippen LogP contribution is 2.27. The largest absolute Gasteiger partial charge is 0.374 e. The minimum atomic E-state index is 0.397. The van der Waals surface area contributed by atoms with Crippen molar-refractivity contribution < 1.29 is 4.74 Å². The van der Waals surface area contributed by atoms with Crippen LogP contribution in [0.5, 0.6) is 0 Å². The molecule has 4 heterocycles. The van der Waals surface area contributed by atoms with Gasteiger partial charge in [-0.2, -0.15) is 0 Å². The molecule has 0 radical (unpaired) electrons. The Bertz CT molecular complexity index is 266. The lowest BCUT2D eigenvalue weighted by Gasteiger charge is -2.45. The number of ether oxygens (including phenoxy) is 1. The Hall–Kier alpha value is -0.160.